The molecule has 3 aliphatic rings. The largest absolute Gasteiger partial charge is 0.507 e. The van der Waals surface area contributed by atoms with E-state index in [1.165, 1.54) is 27.2 Å². The first-order chi connectivity index (χ1) is 21.7. The Kier molecular flexibility index (Phi) is 8.49. The molecule has 2 aromatic rings. The highest BCUT2D eigenvalue weighted by atomic mass is 16.7. The molecule has 2 aromatic carbocycles. The van der Waals surface area contributed by atoms with Crippen molar-refractivity contribution in [3.63, 3.8) is 0 Å². The first-order valence-electron chi connectivity index (χ1n) is 14.0. The number of Topliss-reactive ketones (excluding diaryl/α,β-unsaturated/α-hetero) is 2. The van der Waals surface area contributed by atoms with Gasteiger partial charge in [-0.25, -0.2) is 4.79 Å². The molecular formula is C31H34O15. The van der Waals surface area contributed by atoms with Crippen LogP contribution < -0.4 is 4.74 Å². The van der Waals surface area contributed by atoms with Crippen molar-refractivity contribution in [2.75, 3.05) is 35.5 Å². The van der Waals surface area contributed by atoms with Gasteiger partial charge in [-0.3, -0.25) is 14.4 Å². The highest BCUT2D eigenvalue weighted by Gasteiger charge is 2.74. The topological polar surface area (TPSA) is 214 Å². The first kappa shape index (κ1) is 33.4. The smallest absolute Gasteiger partial charge is 0.341 e. The number of ether oxygens (including phenoxy) is 7. The third kappa shape index (κ3) is 4.24. The maximum absolute atomic E-state index is 14.1. The quantitative estimate of drug-likeness (QED) is 0.232. The molecule has 46 heavy (non-hydrogen) atoms. The van der Waals surface area contributed by atoms with Gasteiger partial charge in [0.1, 0.15) is 41.1 Å². The van der Waals surface area contributed by atoms with E-state index in [0.29, 0.717) is 0 Å². The molecular weight excluding hydrogens is 612 g/mol. The second kappa shape index (κ2) is 11.7. The van der Waals surface area contributed by atoms with Gasteiger partial charge in [-0.2, -0.15) is 0 Å². The fraction of sp³-hybridized carbons (Fsp3) is 0.484. The minimum absolute atomic E-state index is 0.0279. The van der Waals surface area contributed by atoms with Crippen LogP contribution >= 0.6 is 0 Å². The molecule has 1 heterocycles. The highest BCUT2D eigenvalue weighted by molar-refractivity contribution is 6.35. The van der Waals surface area contributed by atoms with E-state index in [9.17, 15) is 39.6 Å². The zero-order valence-electron chi connectivity index (χ0n) is 26.0. The van der Waals surface area contributed by atoms with Crippen LogP contribution in [0.15, 0.2) is 24.0 Å². The number of ketones is 3. The fourth-order valence-corrected chi connectivity index (χ4v) is 6.75. The molecule has 0 bridgehead atoms. The van der Waals surface area contributed by atoms with Crippen molar-refractivity contribution in [1.29, 1.82) is 0 Å². The SMILES string of the molecule is COC(=O)c1c(O[C@@H]2O[C@H](C)[C@H](OC)[C@@H](OC)[C@H]2O)cc2cc3c(c(O)c2c1C)C(=O)[C@]1(OC)C(=O)C=C(OC)[C@H](O)[C@]1(O)C3=O. The Hall–Kier alpha value is -3.96. The maximum Gasteiger partial charge on any atom is 0.341 e. The summed E-state index contributed by atoms with van der Waals surface area (Å²) in [6.45, 7) is 3.08. The van der Waals surface area contributed by atoms with E-state index < -0.39 is 94.0 Å². The Morgan fingerprint density at radius 2 is 1.63 bits per heavy atom. The number of aliphatic hydroxyl groups excluding tert-OH is 2. The number of carbonyl (C=O) groups excluding carboxylic acids is 4. The van der Waals surface area contributed by atoms with Crippen molar-refractivity contribution in [2.45, 2.75) is 61.9 Å². The first-order valence-corrected chi connectivity index (χ1v) is 14.0. The van der Waals surface area contributed by atoms with E-state index in [2.05, 4.69) is 0 Å². The zero-order valence-corrected chi connectivity index (χ0v) is 26.0. The van der Waals surface area contributed by atoms with E-state index >= 15 is 0 Å². The van der Waals surface area contributed by atoms with Gasteiger partial charge in [0.2, 0.25) is 34.8 Å². The molecule has 5 rings (SSSR count). The number of benzene rings is 2. The van der Waals surface area contributed by atoms with Crippen molar-refractivity contribution in [2.24, 2.45) is 0 Å². The summed E-state index contributed by atoms with van der Waals surface area (Å²) in [6, 6.07) is 2.37. The number of aliphatic hydroxyl groups is 3. The van der Waals surface area contributed by atoms with Crippen LogP contribution in [-0.2, 0) is 33.2 Å². The molecule has 2 aliphatic carbocycles. The van der Waals surface area contributed by atoms with Crippen molar-refractivity contribution in [3.05, 3.63) is 46.2 Å². The summed E-state index contributed by atoms with van der Waals surface area (Å²) in [6.07, 6.45) is -6.47. The summed E-state index contributed by atoms with van der Waals surface area (Å²) < 4.78 is 37.9. The Bertz CT molecular complexity index is 1680. The van der Waals surface area contributed by atoms with E-state index in [1.807, 2.05) is 0 Å². The molecule has 0 unspecified atom stereocenters. The molecule has 8 atom stereocenters. The molecule has 1 fully saturated rings. The van der Waals surface area contributed by atoms with Crippen molar-refractivity contribution >= 4 is 34.1 Å². The summed E-state index contributed by atoms with van der Waals surface area (Å²) in [5.74, 6) is -6.26. The number of aromatic hydroxyl groups is 1. The van der Waals surface area contributed by atoms with Crippen LogP contribution in [0.4, 0.5) is 0 Å². The summed E-state index contributed by atoms with van der Waals surface area (Å²) in [4.78, 5) is 54.5. The van der Waals surface area contributed by atoms with Gasteiger partial charge in [0.05, 0.1) is 25.9 Å². The molecule has 15 heteroatoms. The molecule has 0 saturated carbocycles. The molecule has 1 saturated heterocycles. The molecule has 248 valence electrons. The number of esters is 1. The minimum atomic E-state index is -3.19. The number of hydrogen-bond donors (Lipinski definition) is 4. The summed E-state index contributed by atoms with van der Waals surface area (Å²) in [5.41, 5.74) is -7.60. The monoisotopic (exact) mass is 646 g/mol. The predicted molar refractivity (Wildman–Crippen MR) is 154 cm³/mol. The number of carbonyl (C=O) groups is 4. The predicted octanol–water partition coefficient (Wildman–Crippen LogP) is 0.124. The van der Waals surface area contributed by atoms with Crippen LogP contribution in [-0.4, -0.2) is 127 Å². The molecule has 0 radical (unpaired) electrons. The summed E-state index contributed by atoms with van der Waals surface area (Å²) in [5, 5.41) is 45.3. The summed E-state index contributed by atoms with van der Waals surface area (Å²) in [7, 11) is 5.88. The number of rotatable bonds is 7. The van der Waals surface area contributed by atoms with Crippen molar-refractivity contribution in [3.8, 4) is 11.5 Å². The van der Waals surface area contributed by atoms with Crippen LogP contribution in [0, 0.1) is 6.92 Å². The highest BCUT2D eigenvalue weighted by Crippen LogP contribution is 2.50. The number of fused-ring (bicyclic) bond motifs is 3. The second-order valence-corrected chi connectivity index (χ2v) is 11.2. The molecule has 4 N–H and O–H groups in total. The van der Waals surface area contributed by atoms with Gasteiger partial charge in [0.25, 0.3) is 0 Å². The standard InChI is InChI=1S/C31H34O15/c1-11-18-13(9-15(19(11)28(38)43-6)46-29-22(34)24(42-5)23(41-4)12(2)45-29)8-14-20(21(18)33)27(37)31(44-7)17(32)10-16(40-3)26(36)30(31,39)25(14)35/h8-10,12,22-24,26,29,33-34,36,39H,1-7H3/t12-,22-,23+,24+,26+,29+,30-,31-/m1/s1. The van der Waals surface area contributed by atoms with Crippen molar-refractivity contribution in [1.82, 2.24) is 0 Å². The minimum Gasteiger partial charge on any atom is -0.507 e. The van der Waals surface area contributed by atoms with Gasteiger partial charge in [-0.05, 0) is 36.9 Å². The van der Waals surface area contributed by atoms with E-state index in [4.69, 9.17) is 33.2 Å². The second-order valence-electron chi connectivity index (χ2n) is 11.2. The number of hydrogen-bond acceptors (Lipinski definition) is 15. The average molecular weight is 647 g/mol. The molecule has 0 amide bonds. The van der Waals surface area contributed by atoms with Crippen LogP contribution in [0.5, 0.6) is 11.5 Å². The molecule has 1 aliphatic heterocycles. The van der Waals surface area contributed by atoms with Crippen LogP contribution in [0.1, 0.15) is 43.6 Å². The Balaban J connectivity index is 1.75. The molecule has 0 aromatic heterocycles. The number of phenols is 1. The van der Waals surface area contributed by atoms with Gasteiger partial charge < -0.3 is 53.6 Å². The lowest BCUT2D eigenvalue weighted by molar-refractivity contribution is -0.277. The Morgan fingerprint density at radius 1 is 0.978 bits per heavy atom. The van der Waals surface area contributed by atoms with Gasteiger partial charge in [0.15, 0.2) is 6.10 Å². The number of methoxy groups -OCH3 is 5. The van der Waals surface area contributed by atoms with Gasteiger partial charge in [0, 0.05) is 38.4 Å². The Labute approximate surface area is 262 Å². The van der Waals surface area contributed by atoms with Crippen LogP contribution in [0.2, 0.25) is 0 Å². The van der Waals surface area contributed by atoms with Gasteiger partial charge >= 0.3 is 5.97 Å². The molecule has 0 spiro atoms. The lowest BCUT2D eigenvalue weighted by Crippen LogP contribution is -2.77. The lowest BCUT2D eigenvalue weighted by atomic mass is 9.60. The van der Waals surface area contributed by atoms with Gasteiger partial charge in [-0.15, -0.1) is 0 Å². The maximum atomic E-state index is 14.1. The zero-order chi connectivity index (χ0) is 34.0. The van der Waals surface area contributed by atoms with Crippen LogP contribution in [0.25, 0.3) is 10.8 Å². The van der Waals surface area contributed by atoms with Crippen LogP contribution in [0.3, 0.4) is 0 Å². The number of phenolic OH excluding ortho intramolecular Hbond substituents is 1. The fourth-order valence-electron chi connectivity index (χ4n) is 6.75. The summed E-state index contributed by atoms with van der Waals surface area (Å²) >= 11 is 0. The average Bonchev–Trinajstić information content (AvgIpc) is 3.02. The van der Waals surface area contributed by atoms with E-state index in [-0.39, 0.29) is 27.6 Å². The third-order valence-corrected chi connectivity index (χ3v) is 9.04. The number of aryl methyl sites for hydroxylation is 1. The van der Waals surface area contributed by atoms with Crippen molar-refractivity contribution < 1.29 is 72.8 Å². The third-order valence-electron chi connectivity index (χ3n) is 9.04. The van der Waals surface area contributed by atoms with E-state index in [1.54, 1.807) is 6.92 Å². The van der Waals surface area contributed by atoms with Gasteiger partial charge in [-0.1, -0.05) is 0 Å². The lowest BCUT2D eigenvalue weighted by Gasteiger charge is -2.49. The molecule has 15 nitrogen and oxygen atoms in total. The van der Waals surface area contributed by atoms with E-state index in [0.717, 1.165) is 33.5 Å². The normalized spacial score (nSPS) is 32.5. The Morgan fingerprint density at radius 3 is 2.20 bits per heavy atom.